The van der Waals surface area contributed by atoms with Crippen LogP contribution in [0.25, 0.3) is 22.5 Å². The first-order valence-electron chi connectivity index (χ1n) is 11.7. The van der Waals surface area contributed by atoms with Crippen LogP contribution in [0.3, 0.4) is 0 Å². The largest absolute Gasteiger partial charge is 0.322 e. The van der Waals surface area contributed by atoms with Gasteiger partial charge >= 0.3 is 0 Å². The second-order valence-electron chi connectivity index (χ2n) is 9.35. The molecule has 3 aromatic heterocycles. The summed E-state index contributed by atoms with van der Waals surface area (Å²) in [6.07, 6.45) is 6.74. The summed E-state index contributed by atoms with van der Waals surface area (Å²) in [6, 6.07) is 12.9. The standard InChI is InChI=1S/C28H23N7O2/c1-16-4-5-18(33-27(37)17-6-8-31-24(10-17)28(2,3)15-29)11-20(16)23-14-30-13-22(34-23)19-7-9-32-26-21(19)12-25(36)35-26/h4-11,13-14H,12H2,1-3H3,(H,33,37)(H,32,35,36). The Morgan fingerprint density at radius 3 is 2.59 bits per heavy atom. The lowest BCUT2D eigenvalue weighted by Crippen LogP contribution is -2.18. The molecular formula is C28H23N7O2. The van der Waals surface area contributed by atoms with Gasteiger partial charge in [-0.2, -0.15) is 5.26 Å². The molecule has 0 radical (unpaired) electrons. The van der Waals surface area contributed by atoms with Crippen molar-refractivity contribution < 1.29 is 9.59 Å². The second kappa shape index (κ2) is 9.24. The summed E-state index contributed by atoms with van der Waals surface area (Å²) < 4.78 is 0. The smallest absolute Gasteiger partial charge is 0.255 e. The number of nitriles is 1. The number of hydrogen-bond acceptors (Lipinski definition) is 7. The number of rotatable bonds is 5. The maximum atomic E-state index is 13.0. The van der Waals surface area contributed by atoms with E-state index in [1.54, 1.807) is 44.6 Å². The maximum absolute atomic E-state index is 13.0. The summed E-state index contributed by atoms with van der Waals surface area (Å²) >= 11 is 0. The number of nitrogens with zero attached hydrogens (tertiary/aromatic N) is 5. The Kier molecular flexibility index (Phi) is 5.93. The van der Waals surface area contributed by atoms with Gasteiger partial charge in [0.15, 0.2) is 0 Å². The van der Waals surface area contributed by atoms with Gasteiger partial charge in [-0.05, 0) is 56.7 Å². The zero-order valence-corrected chi connectivity index (χ0v) is 20.5. The molecule has 1 aliphatic rings. The van der Waals surface area contributed by atoms with E-state index < -0.39 is 5.41 Å². The lowest BCUT2D eigenvalue weighted by Gasteiger charge is -2.15. The van der Waals surface area contributed by atoms with Gasteiger partial charge in [-0.1, -0.05) is 6.07 Å². The van der Waals surface area contributed by atoms with Crippen molar-refractivity contribution in [2.75, 3.05) is 10.6 Å². The number of aryl methyl sites for hydroxylation is 1. The number of hydrogen-bond donors (Lipinski definition) is 2. The summed E-state index contributed by atoms with van der Waals surface area (Å²) in [5.41, 5.74) is 5.36. The molecule has 37 heavy (non-hydrogen) atoms. The number of pyridine rings is 2. The number of carbonyl (C=O) groups is 2. The molecule has 0 saturated carbocycles. The second-order valence-corrected chi connectivity index (χ2v) is 9.35. The first kappa shape index (κ1) is 23.8. The van der Waals surface area contributed by atoms with Crippen molar-refractivity contribution in [2.45, 2.75) is 32.6 Å². The van der Waals surface area contributed by atoms with Crippen molar-refractivity contribution in [1.29, 1.82) is 5.26 Å². The number of aromatic nitrogens is 4. The average molecular weight is 490 g/mol. The zero-order chi connectivity index (χ0) is 26.2. The van der Waals surface area contributed by atoms with Gasteiger partial charge in [0.2, 0.25) is 5.91 Å². The molecule has 4 aromatic rings. The van der Waals surface area contributed by atoms with Gasteiger partial charge in [0.05, 0.1) is 47.4 Å². The monoisotopic (exact) mass is 489 g/mol. The zero-order valence-electron chi connectivity index (χ0n) is 20.5. The third-order valence-corrected chi connectivity index (χ3v) is 6.27. The quantitative estimate of drug-likeness (QED) is 0.423. The summed E-state index contributed by atoms with van der Waals surface area (Å²) in [4.78, 5) is 42.6. The molecule has 4 heterocycles. The number of anilines is 2. The highest BCUT2D eigenvalue weighted by molar-refractivity contribution is 6.04. The van der Waals surface area contributed by atoms with Crippen LogP contribution < -0.4 is 10.6 Å². The Labute approximate surface area is 213 Å². The third-order valence-electron chi connectivity index (χ3n) is 6.27. The number of nitrogens with one attached hydrogen (secondary N) is 2. The van der Waals surface area contributed by atoms with Crippen LogP contribution in [0, 0.1) is 18.3 Å². The molecule has 0 fully saturated rings. The molecular weight excluding hydrogens is 466 g/mol. The van der Waals surface area contributed by atoms with Gasteiger partial charge in [0, 0.05) is 40.3 Å². The van der Waals surface area contributed by atoms with Crippen molar-refractivity contribution in [1.82, 2.24) is 19.9 Å². The fourth-order valence-corrected chi connectivity index (χ4v) is 4.13. The molecule has 0 saturated heterocycles. The van der Waals surface area contributed by atoms with Crippen LogP contribution in [0.15, 0.2) is 61.2 Å². The fraction of sp³-hybridized carbons (Fsp3) is 0.179. The molecule has 0 spiro atoms. The number of amides is 2. The molecule has 9 nitrogen and oxygen atoms in total. The van der Waals surface area contributed by atoms with E-state index in [9.17, 15) is 14.9 Å². The van der Waals surface area contributed by atoms with Crippen molar-refractivity contribution in [3.8, 4) is 28.6 Å². The van der Waals surface area contributed by atoms with Gasteiger partial charge in [0.1, 0.15) is 5.82 Å². The predicted octanol–water partition coefficient (Wildman–Crippen LogP) is 4.46. The van der Waals surface area contributed by atoms with E-state index in [2.05, 4.69) is 31.7 Å². The number of fused-ring (bicyclic) bond motifs is 1. The first-order chi connectivity index (χ1) is 17.7. The van der Waals surface area contributed by atoms with Gasteiger partial charge in [-0.3, -0.25) is 19.6 Å². The van der Waals surface area contributed by atoms with Crippen molar-refractivity contribution in [2.24, 2.45) is 0 Å². The predicted molar refractivity (Wildman–Crippen MR) is 139 cm³/mol. The minimum absolute atomic E-state index is 0.101. The Balaban J connectivity index is 1.45. The highest BCUT2D eigenvalue weighted by Crippen LogP contribution is 2.32. The molecule has 5 rings (SSSR count). The van der Waals surface area contributed by atoms with Crippen molar-refractivity contribution in [3.05, 3.63) is 83.6 Å². The van der Waals surface area contributed by atoms with Gasteiger partial charge < -0.3 is 10.6 Å². The van der Waals surface area contributed by atoms with Crippen LogP contribution in [0.5, 0.6) is 0 Å². The van der Waals surface area contributed by atoms with E-state index in [4.69, 9.17) is 4.98 Å². The van der Waals surface area contributed by atoms with Crippen LogP contribution in [-0.2, 0) is 16.6 Å². The van der Waals surface area contributed by atoms with Gasteiger partial charge in [0.25, 0.3) is 5.91 Å². The van der Waals surface area contributed by atoms with Crippen LogP contribution in [0.2, 0.25) is 0 Å². The summed E-state index contributed by atoms with van der Waals surface area (Å²) in [5.74, 6) is 0.139. The van der Waals surface area contributed by atoms with Gasteiger partial charge in [-0.15, -0.1) is 0 Å². The summed E-state index contributed by atoms with van der Waals surface area (Å²) in [6.45, 7) is 5.47. The molecule has 2 amide bonds. The molecule has 0 bridgehead atoms. The van der Waals surface area contributed by atoms with Crippen molar-refractivity contribution >= 4 is 23.3 Å². The average Bonchev–Trinajstić information content (AvgIpc) is 3.30. The molecule has 0 atom stereocenters. The molecule has 1 aliphatic heterocycles. The number of carbonyl (C=O) groups excluding carboxylic acids is 2. The SMILES string of the molecule is Cc1ccc(NC(=O)c2ccnc(C(C)(C)C#N)c2)cc1-c1cncc(-c2ccnc3c2CC(=O)N3)n1. The van der Waals surface area contributed by atoms with Crippen LogP contribution in [0.4, 0.5) is 11.5 Å². The lowest BCUT2D eigenvalue weighted by molar-refractivity contribution is -0.115. The highest BCUT2D eigenvalue weighted by Gasteiger charge is 2.24. The number of benzene rings is 1. The maximum Gasteiger partial charge on any atom is 0.255 e. The normalized spacial score (nSPS) is 12.4. The fourth-order valence-electron chi connectivity index (χ4n) is 4.13. The van der Waals surface area contributed by atoms with E-state index >= 15 is 0 Å². The minimum Gasteiger partial charge on any atom is -0.322 e. The van der Waals surface area contributed by atoms with Crippen LogP contribution >= 0.6 is 0 Å². The Morgan fingerprint density at radius 2 is 1.81 bits per heavy atom. The van der Waals surface area contributed by atoms with Crippen LogP contribution in [0.1, 0.15) is 41.0 Å². The Morgan fingerprint density at radius 1 is 1.05 bits per heavy atom. The Hall–Kier alpha value is -4.97. The lowest BCUT2D eigenvalue weighted by atomic mass is 9.90. The van der Waals surface area contributed by atoms with E-state index in [-0.39, 0.29) is 18.2 Å². The molecule has 182 valence electrons. The molecule has 1 aromatic carbocycles. The topological polar surface area (TPSA) is 134 Å². The minimum atomic E-state index is -0.810. The Bertz CT molecular complexity index is 1600. The highest BCUT2D eigenvalue weighted by atomic mass is 16.2. The summed E-state index contributed by atoms with van der Waals surface area (Å²) in [7, 11) is 0. The molecule has 9 heteroatoms. The van der Waals surface area contributed by atoms with E-state index in [1.807, 2.05) is 31.2 Å². The van der Waals surface area contributed by atoms with E-state index in [1.165, 1.54) is 6.20 Å². The molecule has 0 unspecified atom stereocenters. The van der Waals surface area contributed by atoms with Crippen molar-refractivity contribution in [3.63, 3.8) is 0 Å². The first-order valence-corrected chi connectivity index (χ1v) is 11.7. The molecule has 0 aliphatic carbocycles. The van der Waals surface area contributed by atoms with Crippen LogP contribution in [-0.4, -0.2) is 31.8 Å². The van der Waals surface area contributed by atoms with Gasteiger partial charge in [-0.25, -0.2) is 9.97 Å². The molecule has 2 N–H and O–H groups in total. The van der Waals surface area contributed by atoms with E-state index in [0.29, 0.717) is 34.2 Å². The third kappa shape index (κ3) is 4.65. The summed E-state index contributed by atoms with van der Waals surface area (Å²) in [5, 5.41) is 15.1. The van der Waals surface area contributed by atoms with E-state index in [0.717, 1.165) is 22.3 Å².